The number of nitrogens with one attached hydrogen (secondary N) is 1. The minimum atomic E-state index is -0.887. The second-order valence-electron chi connectivity index (χ2n) is 8.67. The van der Waals surface area contributed by atoms with Crippen molar-refractivity contribution in [2.45, 2.75) is 25.7 Å². The van der Waals surface area contributed by atoms with E-state index in [0.29, 0.717) is 48.6 Å². The summed E-state index contributed by atoms with van der Waals surface area (Å²) in [5.74, 6) is 1.86. The number of halogens is 1. The third-order valence-electron chi connectivity index (χ3n) is 6.53. The monoisotopic (exact) mass is 463 g/mol. The summed E-state index contributed by atoms with van der Waals surface area (Å²) in [7, 11) is 0. The molecule has 0 bridgehead atoms. The Morgan fingerprint density at radius 3 is 2.67 bits per heavy atom. The molecule has 6 rings (SSSR count). The standard InChI is InChI=1S/C23H22ClN7O2/c1-12-19(24)18-14(4-5-26-21(18)27-12)20-28-16-11-25-10-15(13-2-3-13)17(16)22(29-20)30-6-8-31(9-7-30)23(32)33/h4-5,10-11,13H,2-3,6-9H2,1H3,(H,26,27)(H,32,33). The molecule has 1 aliphatic heterocycles. The van der Waals surface area contributed by atoms with E-state index in [1.807, 2.05) is 19.2 Å². The Labute approximate surface area is 194 Å². The summed E-state index contributed by atoms with van der Waals surface area (Å²) in [5.41, 5.74) is 4.30. The Balaban J connectivity index is 1.55. The molecule has 2 N–H and O–H groups in total. The molecule has 0 radical (unpaired) electrons. The van der Waals surface area contributed by atoms with Gasteiger partial charge >= 0.3 is 6.09 Å². The Bertz CT molecular complexity index is 1410. The lowest BCUT2D eigenvalue weighted by Gasteiger charge is -2.34. The van der Waals surface area contributed by atoms with Crippen LogP contribution in [0.15, 0.2) is 24.7 Å². The molecule has 0 atom stereocenters. The maximum absolute atomic E-state index is 11.4. The maximum Gasteiger partial charge on any atom is 0.407 e. The first-order valence-corrected chi connectivity index (χ1v) is 11.4. The zero-order valence-corrected chi connectivity index (χ0v) is 18.8. The van der Waals surface area contributed by atoms with Crippen molar-refractivity contribution in [3.63, 3.8) is 0 Å². The normalized spacial score (nSPS) is 16.7. The fourth-order valence-corrected chi connectivity index (χ4v) is 4.88. The molecule has 4 aromatic rings. The molecule has 2 aliphatic rings. The van der Waals surface area contributed by atoms with Gasteiger partial charge in [-0.05, 0) is 37.3 Å². The molecule has 10 heteroatoms. The van der Waals surface area contributed by atoms with Crippen molar-refractivity contribution in [1.82, 2.24) is 29.8 Å². The Morgan fingerprint density at radius 2 is 1.94 bits per heavy atom. The van der Waals surface area contributed by atoms with E-state index < -0.39 is 6.09 Å². The first kappa shape index (κ1) is 20.2. The van der Waals surface area contributed by atoms with Gasteiger partial charge in [0.1, 0.15) is 11.5 Å². The lowest BCUT2D eigenvalue weighted by atomic mass is 10.1. The van der Waals surface area contributed by atoms with E-state index in [1.54, 1.807) is 12.4 Å². The number of aromatic nitrogens is 5. The number of fused-ring (bicyclic) bond motifs is 2. The number of pyridine rings is 2. The van der Waals surface area contributed by atoms with Crippen LogP contribution in [0.2, 0.25) is 5.02 Å². The van der Waals surface area contributed by atoms with Crippen LogP contribution < -0.4 is 4.90 Å². The third kappa shape index (κ3) is 3.34. The van der Waals surface area contributed by atoms with Gasteiger partial charge < -0.3 is 19.9 Å². The zero-order chi connectivity index (χ0) is 22.7. The highest BCUT2D eigenvalue weighted by molar-refractivity contribution is 6.37. The van der Waals surface area contributed by atoms with Crippen LogP contribution in [0.5, 0.6) is 0 Å². The van der Waals surface area contributed by atoms with E-state index >= 15 is 0 Å². The fraction of sp³-hybridized carbons (Fsp3) is 0.348. The minimum Gasteiger partial charge on any atom is -0.465 e. The molecule has 168 valence electrons. The summed E-state index contributed by atoms with van der Waals surface area (Å²) in [6, 6.07) is 1.88. The lowest BCUT2D eigenvalue weighted by Crippen LogP contribution is -2.48. The Kier molecular flexibility index (Phi) is 4.62. The van der Waals surface area contributed by atoms with Crippen LogP contribution in [0, 0.1) is 6.92 Å². The van der Waals surface area contributed by atoms with Crippen LogP contribution in [-0.2, 0) is 0 Å². The average Bonchev–Trinajstić information content (AvgIpc) is 3.63. The van der Waals surface area contributed by atoms with Gasteiger partial charge in [0.15, 0.2) is 5.82 Å². The van der Waals surface area contributed by atoms with Crippen molar-refractivity contribution < 1.29 is 9.90 Å². The van der Waals surface area contributed by atoms with E-state index in [9.17, 15) is 9.90 Å². The molecule has 9 nitrogen and oxygen atoms in total. The molecule has 0 unspecified atom stereocenters. The van der Waals surface area contributed by atoms with Gasteiger partial charge in [-0.3, -0.25) is 4.98 Å². The van der Waals surface area contributed by atoms with Gasteiger partial charge in [0.25, 0.3) is 0 Å². The van der Waals surface area contributed by atoms with Gasteiger partial charge in [-0.1, -0.05) is 11.6 Å². The van der Waals surface area contributed by atoms with Crippen molar-refractivity contribution in [3.05, 3.63) is 40.9 Å². The molecule has 1 amide bonds. The summed E-state index contributed by atoms with van der Waals surface area (Å²) >= 11 is 6.61. The molecule has 0 spiro atoms. The fourth-order valence-electron chi connectivity index (χ4n) is 4.64. The topological polar surface area (TPSA) is 111 Å². The minimum absolute atomic E-state index is 0.433. The molecule has 0 aromatic carbocycles. The third-order valence-corrected chi connectivity index (χ3v) is 7.00. The smallest absolute Gasteiger partial charge is 0.407 e. The highest BCUT2D eigenvalue weighted by Gasteiger charge is 2.30. The predicted molar refractivity (Wildman–Crippen MR) is 126 cm³/mol. The first-order valence-electron chi connectivity index (χ1n) is 11.0. The summed E-state index contributed by atoms with van der Waals surface area (Å²) in [4.78, 5) is 37.1. The number of carboxylic acid groups (broad SMARTS) is 1. The highest BCUT2D eigenvalue weighted by Crippen LogP contribution is 2.45. The Hall–Kier alpha value is -3.46. The number of aryl methyl sites for hydroxylation is 1. The molecule has 4 aromatic heterocycles. The van der Waals surface area contributed by atoms with Crippen molar-refractivity contribution in [3.8, 4) is 11.4 Å². The highest BCUT2D eigenvalue weighted by atomic mass is 35.5. The number of rotatable bonds is 3. The largest absolute Gasteiger partial charge is 0.465 e. The van der Waals surface area contributed by atoms with Gasteiger partial charge in [0.2, 0.25) is 0 Å². The van der Waals surface area contributed by atoms with Gasteiger partial charge in [0.05, 0.1) is 16.7 Å². The van der Waals surface area contributed by atoms with Crippen LogP contribution >= 0.6 is 11.6 Å². The van der Waals surface area contributed by atoms with Gasteiger partial charge in [-0.2, -0.15) is 0 Å². The van der Waals surface area contributed by atoms with Crippen LogP contribution in [0.25, 0.3) is 33.3 Å². The van der Waals surface area contributed by atoms with E-state index in [2.05, 4.69) is 19.9 Å². The second kappa shape index (κ2) is 7.55. The lowest BCUT2D eigenvalue weighted by molar-refractivity contribution is 0.142. The summed E-state index contributed by atoms with van der Waals surface area (Å²) in [6.07, 6.45) is 6.82. The summed E-state index contributed by atoms with van der Waals surface area (Å²) in [6.45, 7) is 3.92. The molecule has 1 saturated heterocycles. The summed E-state index contributed by atoms with van der Waals surface area (Å²) in [5, 5.41) is 11.8. The Morgan fingerprint density at radius 1 is 1.15 bits per heavy atom. The molecule has 33 heavy (non-hydrogen) atoms. The zero-order valence-electron chi connectivity index (χ0n) is 18.0. The molecule has 1 saturated carbocycles. The van der Waals surface area contributed by atoms with Crippen molar-refractivity contribution in [2.24, 2.45) is 0 Å². The second-order valence-corrected chi connectivity index (χ2v) is 9.05. The molecule has 2 fully saturated rings. The molecular formula is C23H22ClN7O2. The average molecular weight is 464 g/mol. The number of amides is 1. The SMILES string of the molecule is Cc1[nH]c2nccc(-c3nc(N4CCN(C(=O)O)CC4)c4c(C5CC5)cncc4n3)c2c1Cl. The number of nitrogens with zero attached hydrogens (tertiary/aromatic N) is 6. The number of piperazine rings is 1. The molecular weight excluding hydrogens is 442 g/mol. The van der Waals surface area contributed by atoms with Crippen molar-refractivity contribution >= 4 is 45.4 Å². The van der Waals surface area contributed by atoms with Gasteiger partial charge in [-0.15, -0.1) is 0 Å². The number of hydrogen-bond donors (Lipinski definition) is 2. The molecule has 5 heterocycles. The van der Waals surface area contributed by atoms with E-state index in [4.69, 9.17) is 21.6 Å². The van der Waals surface area contributed by atoms with Crippen molar-refractivity contribution in [2.75, 3.05) is 31.1 Å². The van der Waals surface area contributed by atoms with Gasteiger partial charge in [-0.25, -0.2) is 19.7 Å². The molecule has 1 aliphatic carbocycles. The van der Waals surface area contributed by atoms with E-state index in [-0.39, 0.29) is 0 Å². The number of aromatic amines is 1. The van der Waals surface area contributed by atoms with Crippen molar-refractivity contribution in [1.29, 1.82) is 0 Å². The number of H-pyrrole nitrogens is 1. The van der Waals surface area contributed by atoms with Crippen LogP contribution in [0.1, 0.15) is 30.0 Å². The number of carbonyl (C=O) groups is 1. The van der Waals surface area contributed by atoms with Crippen LogP contribution in [0.3, 0.4) is 0 Å². The number of hydrogen-bond acceptors (Lipinski definition) is 6. The maximum atomic E-state index is 11.4. The van der Waals surface area contributed by atoms with E-state index in [0.717, 1.165) is 46.2 Å². The van der Waals surface area contributed by atoms with Gasteiger partial charge in [0, 0.05) is 60.6 Å². The predicted octanol–water partition coefficient (Wildman–Crippen LogP) is 4.21. The van der Waals surface area contributed by atoms with E-state index in [1.165, 1.54) is 10.5 Å². The van der Waals surface area contributed by atoms with Crippen LogP contribution in [-0.4, -0.2) is 67.2 Å². The summed E-state index contributed by atoms with van der Waals surface area (Å²) < 4.78 is 0. The first-order chi connectivity index (χ1) is 16.0. The number of anilines is 1. The van der Waals surface area contributed by atoms with Crippen LogP contribution in [0.4, 0.5) is 10.6 Å². The quantitative estimate of drug-likeness (QED) is 0.468.